The van der Waals surface area contributed by atoms with Crippen LogP contribution in [0.15, 0.2) is 0 Å². The first-order chi connectivity index (χ1) is 8.71. The second kappa shape index (κ2) is 8.48. The van der Waals surface area contributed by atoms with Crippen molar-refractivity contribution >= 4 is 5.97 Å². The average Bonchev–Trinajstić information content (AvgIpc) is 2.31. The molecule has 1 aliphatic carbocycles. The van der Waals surface area contributed by atoms with Crippen LogP contribution in [-0.4, -0.2) is 50.2 Å². The Labute approximate surface area is 111 Å². The van der Waals surface area contributed by atoms with Gasteiger partial charge in [-0.25, -0.2) is 0 Å². The van der Waals surface area contributed by atoms with Crippen molar-refractivity contribution in [3.8, 4) is 0 Å². The minimum absolute atomic E-state index is 0.125. The molecule has 4 heteroatoms. The zero-order valence-corrected chi connectivity index (χ0v) is 12.1. The zero-order valence-electron chi connectivity index (χ0n) is 12.1. The molecule has 1 atom stereocenters. The van der Waals surface area contributed by atoms with E-state index in [0.29, 0.717) is 6.61 Å². The number of ether oxygens (including phenoxy) is 1. The van der Waals surface area contributed by atoms with Gasteiger partial charge in [0.1, 0.15) is 6.04 Å². The lowest BCUT2D eigenvalue weighted by Crippen LogP contribution is -2.40. The number of hydrogen-bond acceptors (Lipinski definition) is 4. The molecule has 0 amide bonds. The molecule has 0 heterocycles. The smallest absolute Gasteiger partial charge is 0.323 e. The number of nitrogens with one attached hydrogen (secondary N) is 1. The maximum absolute atomic E-state index is 11.7. The highest BCUT2D eigenvalue weighted by molar-refractivity contribution is 5.75. The van der Waals surface area contributed by atoms with Gasteiger partial charge in [0.05, 0.1) is 6.61 Å². The summed E-state index contributed by atoms with van der Waals surface area (Å²) >= 11 is 0. The number of hydrogen-bond donors (Lipinski definition) is 1. The van der Waals surface area contributed by atoms with Crippen LogP contribution in [0.3, 0.4) is 0 Å². The van der Waals surface area contributed by atoms with Crippen LogP contribution in [0, 0.1) is 5.92 Å². The van der Waals surface area contributed by atoms with Crippen LogP contribution < -0.4 is 5.32 Å². The molecule has 4 nitrogen and oxygen atoms in total. The Morgan fingerprint density at radius 1 is 1.44 bits per heavy atom. The fourth-order valence-electron chi connectivity index (χ4n) is 2.35. The van der Waals surface area contributed by atoms with Crippen molar-refractivity contribution < 1.29 is 9.53 Å². The minimum Gasteiger partial charge on any atom is -0.465 e. The maximum atomic E-state index is 11.7. The fraction of sp³-hybridized carbons (Fsp3) is 0.929. The lowest BCUT2D eigenvalue weighted by molar-refractivity contribution is -0.145. The van der Waals surface area contributed by atoms with Gasteiger partial charge in [-0.15, -0.1) is 0 Å². The Hall–Kier alpha value is -0.610. The average molecular weight is 256 g/mol. The third kappa shape index (κ3) is 4.94. The summed E-state index contributed by atoms with van der Waals surface area (Å²) < 4.78 is 5.05. The second-order valence-corrected chi connectivity index (χ2v) is 5.07. The van der Waals surface area contributed by atoms with Crippen molar-refractivity contribution in [2.24, 2.45) is 5.92 Å². The van der Waals surface area contributed by atoms with E-state index in [1.54, 1.807) is 0 Å². The third-order valence-corrected chi connectivity index (χ3v) is 3.84. The van der Waals surface area contributed by atoms with Gasteiger partial charge in [-0.05, 0) is 45.7 Å². The summed E-state index contributed by atoms with van der Waals surface area (Å²) in [7, 11) is 1.82. The molecule has 0 bridgehead atoms. The molecule has 106 valence electrons. The van der Waals surface area contributed by atoms with Crippen molar-refractivity contribution in [1.82, 2.24) is 10.2 Å². The second-order valence-electron chi connectivity index (χ2n) is 5.07. The van der Waals surface area contributed by atoms with Crippen LogP contribution in [-0.2, 0) is 9.53 Å². The molecule has 0 saturated heterocycles. The molecular weight excluding hydrogens is 228 g/mol. The van der Waals surface area contributed by atoms with Gasteiger partial charge in [0, 0.05) is 13.1 Å². The van der Waals surface area contributed by atoms with E-state index in [0.717, 1.165) is 25.4 Å². The SMILES string of the molecule is CCOC(=O)C(CCN(CC)CC1CCC1)NC. The predicted octanol–water partition coefficient (Wildman–Crippen LogP) is 1.65. The Morgan fingerprint density at radius 3 is 2.61 bits per heavy atom. The van der Waals surface area contributed by atoms with E-state index >= 15 is 0 Å². The highest BCUT2D eigenvalue weighted by Crippen LogP contribution is 2.27. The first-order valence-electron chi connectivity index (χ1n) is 7.27. The molecule has 1 unspecified atom stereocenters. The minimum atomic E-state index is -0.166. The molecule has 1 fully saturated rings. The zero-order chi connectivity index (χ0) is 13.4. The van der Waals surface area contributed by atoms with Gasteiger partial charge in [0.2, 0.25) is 0 Å². The van der Waals surface area contributed by atoms with E-state index in [1.807, 2.05) is 14.0 Å². The number of likely N-dealkylation sites (N-methyl/N-ethyl adjacent to an activating group) is 1. The summed E-state index contributed by atoms with van der Waals surface area (Å²) in [4.78, 5) is 14.1. The molecule has 0 aromatic rings. The van der Waals surface area contributed by atoms with Gasteiger partial charge in [-0.3, -0.25) is 4.79 Å². The fourth-order valence-corrected chi connectivity index (χ4v) is 2.35. The first kappa shape index (κ1) is 15.4. The molecule has 0 aliphatic heterocycles. The highest BCUT2D eigenvalue weighted by Gasteiger charge is 2.22. The number of carbonyl (C=O) groups is 1. The standard InChI is InChI=1S/C14H28N2O2/c1-4-16(11-12-7-6-8-12)10-9-13(15-3)14(17)18-5-2/h12-13,15H,4-11H2,1-3H3. The number of esters is 1. The summed E-state index contributed by atoms with van der Waals surface area (Å²) in [5, 5.41) is 3.05. The Bertz CT molecular complexity index is 242. The van der Waals surface area contributed by atoms with Crippen molar-refractivity contribution in [2.45, 2.75) is 45.6 Å². The van der Waals surface area contributed by atoms with Gasteiger partial charge in [-0.2, -0.15) is 0 Å². The summed E-state index contributed by atoms with van der Waals surface area (Å²) in [6.45, 7) is 7.72. The van der Waals surface area contributed by atoms with E-state index in [9.17, 15) is 4.79 Å². The lowest BCUT2D eigenvalue weighted by atomic mass is 9.85. The summed E-state index contributed by atoms with van der Waals surface area (Å²) in [5.41, 5.74) is 0. The number of nitrogens with zero attached hydrogens (tertiary/aromatic N) is 1. The van der Waals surface area contributed by atoms with E-state index in [-0.39, 0.29) is 12.0 Å². The summed E-state index contributed by atoms with van der Waals surface area (Å²) in [6, 6.07) is -0.166. The maximum Gasteiger partial charge on any atom is 0.323 e. The van der Waals surface area contributed by atoms with Gasteiger partial charge in [-0.1, -0.05) is 13.3 Å². The summed E-state index contributed by atoms with van der Waals surface area (Å²) in [6.07, 6.45) is 4.98. The van der Waals surface area contributed by atoms with Gasteiger partial charge >= 0.3 is 5.97 Å². The molecule has 1 N–H and O–H groups in total. The summed E-state index contributed by atoms with van der Waals surface area (Å²) in [5.74, 6) is 0.764. The molecule has 0 aromatic carbocycles. The van der Waals surface area contributed by atoms with Crippen LogP contribution >= 0.6 is 0 Å². The number of rotatable bonds is 9. The van der Waals surface area contributed by atoms with Crippen molar-refractivity contribution in [3.63, 3.8) is 0 Å². The topological polar surface area (TPSA) is 41.6 Å². The first-order valence-corrected chi connectivity index (χ1v) is 7.27. The van der Waals surface area contributed by atoms with Crippen LogP contribution in [0.5, 0.6) is 0 Å². The van der Waals surface area contributed by atoms with Gasteiger partial charge < -0.3 is 15.0 Å². The van der Waals surface area contributed by atoms with Crippen LogP contribution in [0.1, 0.15) is 39.5 Å². The van der Waals surface area contributed by atoms with E-state index in [1.165, 1.54) is 25.8 Å². The Morgan fingerprint density at radius 2 is 2.17 bits per heavy atom. The van der Waals surface area contributed by atoms with Crippen molar-refractivity contribution in [2.75, 3.05) is 33.3 Å². The molecule has 0 radical (unpaired) electrons. The van der Waals surface area contributed by atoms with Gasteiger partial charge in [0.15, 0.2) is 0 Å². The number of carbonyl (C=O) groups excluding carboxylic acids is 1. The highest BCUT2D eigenvalue weighted by atomic mass is 16.5. The molecule has 1 aliphatic rings. The molecule has 18 heavy (non-hydrogen) atoms. The molecule has 1 saturated carbocycles. The lowest BCUT2D eigenvalue weighted by Gasteiger charge is -2.32. The Balaban J connectivity index is 2.27. The van der Waals surface area contributed by atoms with Crippen LogP contribution in [0.4, 0.5) is 0 Å². The normalized spacial score (nSPS) is 17.6. The van der Waals surface area contributed by atoms with Crippen LogP contribution in [0.25, 0.3) is 0 Å². The van der Waals surface area contributed by atoms with E-state index in [4.69, 9.17) is 4.74 Å². The van der Waals surface area contributed by atoms with Gasteiger partial charge in [0.25, 0.3) is 0 Å². The molecule has 1 rings (SSSR count). The van der Waals surface area contributed by atoms with E-state index in [2.05, 4.69) is 17.1 Å². The molecule has 0 aromatic heterocycles. The quantitative estimate of drug-likeness (QED) is 0.637. The molecular formula is C14H28N2O2. The van der Waals surface area contributed by atoms with Crippen LogP contribution in [0.2, 0.25) is 0 Å². The largest absolute Gasteiger partial charge is 0.465 e. The van der Waals surface area contributed by atoms with E-state index < -0.39 is 0 Å². The monoisotopic (exact) mass is 256 g/mol. The Kier molecular flexibility index (Phi) is 7.28. The third-order valence-electron chi connectivity index (χ3n) is 3.84. The van der Waals surface area contributed by atoms with Crippen molar-refractivity contribution in [1.29, 1.82) is 0 Å². The molecule has 0 spiro atoms. The predicted molar refractivity (Wildman–Crippen MR) is 73.6 cm³/mol. The van der Waals surface area contributed by atoms with Crippen molar-refractivity contribution in [3.05, 3.63) is 0 Å².